The number of rotatable bonds is 3. The molecule has 0 radical (unpaired) electrons. The summed E-state index contributed by atoms with van der Waals surface area (Å²) in [5, 5.41) is 12.1. The number of hydrogen-bond acceptors (Lipinski definition) is 2. The van der Waals surface area contributed by atoms with Crippen molar-refractivity contribution in [1.29, 1.82) is 0 Å². The summed E-state index contributed by atoms with van der Waals surface area (Å²) >= 11 is 0. The molecule has 0 bridgehead atoms. The number of aryl methyl sites for hydroxylation is 2. The lowest BCUT2D eigenvalue weighted by atomic mass is 10.1. The summed E-state index contributed by atoms with van der Waals surface area (Å²) in [6, 6.07) is 12.6. The van der Waals surface area contributed by atoms with E-state index in [1.165, 1.54) is 5.56 Å². The molecule has 0 aromatic heterocycles. The normalized spacial score (nSPS) is 10.2. The topological polar surface area (TPSA) is 49.3 Å². The number of anilines is 1. The maximum atomic E-state index is 11.9. The molecule has 0 saturated heterocycles. The maximum absolute atomic E-state index is 11.9. The Morgan fingerprint density at radius 1 is 1.11 bits per heavy atom. The number of phenolic OH excluding ortho intramolecular Hbond substituents is 1. The fraction of sp³-hybridized carbons (Fsp3) is 0.188. The highest BCUT2D eigenvalue weighted by Gasteiger charge is 2.06. The lowest BCUT2D eigenvalue weighted by Gasteiger charge is -2.09. The average Bonchev–Trinajstić information content (AvgIpc) is 2.36. The van der Waals surface area contributed by atoms with Gasteiger partial charge < -0.3 is 10.4 Å². The molecule has 1 amide bonds. The van der Waals surface area contributed by atoms with Gasteiger partial charge in [-0.05, 0) is 43.2 Å². The number of carbonyl (C=O) groups excluding carboxylic acids is 1. The molecule has 98 valence electrons. The molecule has 2 aromatic carbocycles. The molecule has 3 heteroatoms. The van der Waals surface area contributed by atoms with E-state index in [0.717, 1.165) is 16.8 Å². The Bertz CT molecular complexity index is 588. The van der Waals surface area contributed by atoms with Crippen LogP contribution in [0.25, 0.3) is 0 Å². The molecule has 0 spiro atoms. The predicted molar refractivity (Wildman–Crippen MR) is 76.4 cm³/mol. The lowest BCUT2D eigenvalue weighted by Crippen LogP contribution is -2.15. The summed E-state index contributed by atoms with van der Waals surface area (Å²) < 4.78 is 0. The highest BCUT2D eigenvalue weighted by Crippen LogP contribution is 2.17. The van der Waals surface area contributed by atoms with Crippen LogP contribution < -0.4 is 5.32 Å². The van der Waals surface area contributed by atoms with Crippen LogP contribution in [0.1, 0.15) is 16.7 Å². The van der Waals surface area contributed by atoms with Crippen LogP contribution in [0.15, 0.2) is 42.5 Å². The summed E-state index contributed by atoms with van der Waals surface area (Å²) in [6.45, 7) is 4.00. The van der Waals surface area contributed by atoms with Gasteiger partial charge in [0.05, 0.1) is 6.42 Å². The molecule has 0 atom stereocenters. The molecule has 0 unspecified atom stereocenters. The third-order valence-corrected chi connectivity index (χ3v) is 2.96. The van der Waals surface area contributed by atoms with Gasteiger partial charge in [0.25, 0.3) is 0 Å². The van der Waals surface area contributed by atoms with Gasteiger partial charge in [-0.25, -0.2) is 0 Å². The van der Waals surface area contributed by atoms with E-state index < -0.39 is 0 Å². The first kappa shape index (κ1) is 13.1. The van der Waals surface area contributed by atoms with Crippen molar-refractivity contribution in [2.45, 2.75) is 20.3 Å². The second-order valence-electron chi connectivity index (χ2n) is 4.71. The van der Waals surface area contributed by atoms with Gasteiger partial charge in [0, 0.05) is 5.69 Å². The molecule has 2 aromatic rings. The Balaban J connectivity index is 2.03. The Hall–Kier alpha value is -2.29. The van der Waals surface area contributed by atoms with Crippen molar-refractivity contribution in [1.82, 2.24) is 0 Å². The fourth-order valence-corrected chi connectivity index (χ4v) is 1.95. The lowest BCUT2D eigenvalue weighted by molar-refractivity contribution is -0.115. The zero-order valence-corrected chi connectivity index (χ0v) is 11.1. The zero-order valence-electron chi connectivity index (χ0n) is 11.1. The second-order valence-corrected chi connectivity index (χ2v) is 4.71. The quantitative estimate of drug-likeness (QED) is 0.885. The van der Waals surface area contributed by atoms with E-state index >= 15 is 0 Å². The monoisotopic (exact) mass is 255 g/mol. The van der Waals surface area contributed by atoms with Gasteiger partial charge in [0.1, 0.15) is 5.75 Å². The van der Waals surface area contributed by atoms with Crippen LogP contribution in [0.4, 0.5) is 5.69 Å². The van der Waals surface area contributed by atoms with Crippen molar-refractivity contribution in [3.8, 4) is 5.75 Å². The van der Waals surface area contributed by atoms with Gasteiger partial charge in [-0.1, -0.05) is 29.8 Å². The van der Waals surface area contributed by atoms with E-state index in [9.17, 15) is 9.90 Å². The molecule has 19 heavy (non-hydrogen) atoms. The third-order valence-electron chi connectivity index (χ3n) is 2.96. The van der Waals surface area contributed by atoms with Crippen LogP contribution in [-0.4, -0.2) is 11.0 Å². The SMILES string of the molecule is Cc1ccc(NC(=O)Cc2ccc(O)cc2)c(C)c1. The second kappa shape index (κ2) is 5.57. The van der Waals surface area contributed by atoms with E-state index in [2.05, 4.69) is 5.32 Å². The molecule has 3 nitrogen and oxygen atoms in total. The van der Waals surface area contributed by atoms with Crippen molar-refractivity contribution >= 4 is 11.6 Å². The minimum absolute atomic E-state index is 0.0577. The van der Waals surface area contributed by atoms with Crippen molar-refractivity contribution in [2.75, 3.05) is 5.32 Å². The molecule has 0 aliphatic carbocycles. The summed E-state index contributed by atoms with van der Waals surface area (Å²) in [6.07, 6.45) is 0.299. The summed E-state index contributed by atoms with van der Waals surface area (Å²) in [5.74, 6) is 0.149. The van der Waals surface area contributed by atoms with Crippen LogP contribution in [0.3, 0.4) is 0 Å². The van der Waals surface area contributed by atoms with Crippen LogP contribution in [-0.2, 0) is 11.2 Å². The molecule has 0 fully saturated rings. The molecular formula is C16H17NO2. The smallest absolute Gasteiger partial charge is 0.228 e. The number of hydrogen-bond donors (Lipinski definition) is 2. The molecular weight excluding hydrogens is 238 g/mol. The zero-order chi connectivity index (χ0) is 13.8. The van der Waals surface area contributed by atoms with Gasteiger partial charge in [0.2, 0.25) is 5.91 Å². The van der Waals surface area contributed by atoms with E-state index in [0.29, 0.717) is 6.42 Å². The van der Waals surface area contributed by atoms with Crippen LogP contribution in [0, 0.1) is 13.8 Å². The highest BCUT2D eigenvalue weighted by atomic mass is 16.3. The van der Waals surface area contributed by atoms with E-state index in [1.54, 1.807) is 24.3 Å². The van der Waals surface area contributed by atoms with Crippen LogP contribution in [0.2, 0.25) is 0 Å². The van der Waals surface area contributed by atoms with Gasteiger partial charge in [-0.2, -0.15) is 0 Å². The Kier molecular flexibility index (Phi) is 3.85. The van der Waals surface area contributed by atoms with Crippen molar-refractivity contribution < 1.29 is 9.90 Å². The van der Waals surface area contributed by atoms with E-state index in [4.69, 9.17) is 0 Å². The number of phenols is 1. The Morgan fingerprint density at radius 3 is 2.42 bits per heavy atom. The summed E-state index contributed by atoms with van der Waals surface area (Å²) in [5.41, 5.74) is 3.95. The van der Waals surface area contributed by atoms with Crippen LogP contribution >= 0.6 is 0 Å². The Labute approximate surface area is 112 Å². The van der Waals surface area contributed by atoms with Gasteiger partial charge in [0.15, 0.2) is 0 Å². The van der Waals surface area contributed by atoms with E-state index in [1.807, 2.05) is 32.0 Å². The average molecular weight is 255 g/mol. The minimum atomic E-state index is -0.0577. The third kappa shape index (κ3) is 3.58. The number of amides is 1. The van der Waals surface area contributed by atoms with Crippen molar-refractivity contribution in [3.63, 3.8) is 0 Å². The molecule has 0 aliphatic heterocycles. The Morgan fingerprint density at radius 2 is 1.79 bits per heavy atom. The first-order valence-electron chi connectivity index (χ1n) is 6.19. The number of carbonyl (C=O) groups is 1. The first-order valence-corrected chi connectivity index (χ1v) is 6.19. The predicted octanol–water partition coefficient (Wildman–Crippen LogP) is 3.19. The molecule has 0 heterocycles. The number of nitrogens with one attached hydrogen (secondary N) is 1. The number of benzene rings is 2. The van der Waals surface area contributed by atoms with E-state index in [-0.39, 0.29) is 11.7 Å². The van der Waals surface area contributed by atoms with Gasteiger partial charge >= 0.3 is 0 Å². The first-order chi connectivity index (χ1) is 9.04. The molecule has 0 aliphatic rings. The minimum Gasteiger partial charge on any atom is -0.508 e. The number of aromatic hydroxyl groups is 1. The largest absolute Gasteiger partial charge is 0.508 e. The maximum Gasteiger partial charge on any atom is 0.228 e. The van der Waals surface area contributed by atoms with Crippen LogP contribution in [0.5, 0.6) is 5.75 Å². The van der Waals surface area contributed by atoms with Crippen molar-refractivity contribution in [3.05, 3.63) is 59.2 Å². The molecule has 2 rings (SSSR count). The fourth-order valence-electron chi connectivity index (χ4n) is 1.95. The molecule has 0 saturated carbocycles. The van der Waals surface area contributed by atoms with Gasteiger partial charge in [-0.3, -0.25) is 4.79 Å². The summed E-state index contributed by atoms with van der Waals surface area (Å²) in [4.78, 5) is 11.9. The van der Waals surface area contributed by atoms with Gasteiger partial charge in [-0.15, -0.1) is 0 Å². The van der Waals surface area contributed by atoms with Crippen molar-refractivity contribution in [2.24, 2.45) is 0 Å². The molecule has 2 N–H and O–H groups in total. The highest BCUT2D eigenvalue weighted by molar-refractivity contribution is 5.93. The summed E-state index contributed by atoms with van der Waals surface area (Å²) in [7, 11) is 0. The standard InChI is InChI=1S/C16H17NO2/c1-11-3-8-15(12(2)9-11)17-16(19)10-13-4-6-14(18)7-5-13/h3-9,18H,10H2,1-2H3,(H,17,19).